The van der Waals surface area contributed by atoms with Crippen LogP contribution in [0.1, 0.15) is 11.6 Å². The molecule has 0 saturated carbocycles. The number of hydrogen-bond acceptors (Lipinski definition) is 4. The highest BCUT2D eigenvalue weighted by atomic mass is 16.5. The van der Waals surface area contributed by atoms with Gasteiger partial charge in [0.05, 0.1) is 13.2 Å². The van der Waals surface area contributed by atoms with E-state index in [0.29, 0.717) is 6.54 Å². The fourth-order valence-electron chi connectivity index (χ4n) is 2.15. The van der Waals surface area contributed by atoms with Crippen molar-refractivity contribution in [2.75, 3.05) is 14.2 Å². The van der Waals surface area contributed by atoms with E-state index in [0.717, 1.165) is 11.3 Å². The van der Waals surface area contributed by atoms with Crippen LogP contribution in [0.2, 0.25) is 0 Å². The Bertz CT molecular complexity index is 733. The molecule has 21 heavy (non-hydrogen) atoms. The van der Waals surface area contributed by atoms with Gasteiger partial charge in [-0.15, -0.1) is 0 Å². The number of nitrogens with zero attached hydrogens (tertiary/aromatic N) is 2. The zero-order chi connectivity index (χ0) is 15.4. The van der Waals surface area contributed by atoms with Crippen LogP contribution in [-0.2, 0) is 13.6 Å². The molecule has 0 amide bonds. The molecule has 0 aliphatic rings. The SMILES string of the molecule is CNC(Cn1ccn(C)c(=O)c1=O)c1cccc(OC)c1. The lowest BCUT2D eigenvalue weighted by Gasteiger charge is -2.18. The van der Waals surface area contributed by atoms with Gasteiger partial charge in [0.25, 0.3) is 0 Å². The van der Waals surface area contributed by atoms with E-state index in [-0.39, 0.29) is 6.04 Å². The van der Waals surface area contributed by atoms with E-state index in [9.17, 15) is 9.59 Å². The van der Waals surface area contributed by atoms with Gasteiger partial charge in [0.1, 0.15) is 5.75 Å². The van der Waals surface area contributed by atoms with Gasteiger partial charge in [-0.25, -0.2) is 0 Å². The number of rotatable bonds is 5. The highest BCUT2D eigenvalue weighted by molar-refractivity contribution is 5.30. The molecule has 0 radical (unpaired) electrons. The fourth-order valence-corrected chi connectivity index (χ4v) is 2.15. The van der Waals surface area contributed by atoms with Crippen LogP contribution in [0.5, 0.6) is 5.75 Å². The van der Waals surface area contributed by atoms with Gasteiger partial charge in [-0.05, 0) is 24.7 Å². The van der Waals surface area contributed by atoms with Crippen molar-refractivity contribution in [1.82, 2.24) is 14.5 Å². The van der Waals surface area contributed by atoms with Crippen LogP contribution in [0, 0.1) is 0 Å². The second-order valence-corrected chi connectivity index (χ2v) is 4.79. The third-order valence-electron chi connectivity index (χ3n) is 3.46. The van der Waals surface area contributed by atoms with E-state index < -0.39 is 11.1 Å². The van der Waals surface area contributed by atoms with E-state index >= 15 is 0 Å². The number of methoxy groups -OCH3 is 1. The summed E-state index contributed by atoms with van der Waals surface area (Å²) in [6.07, 6.45) is 3.20. The summed E-state index contributed by atoms with van der Waals surface area (Å²) in [6, 6.07) is 7.53. The lowest BCUT2D eigenvalue weighted by molar-refractivity contribution is 0.412. The predicted molar refractivity (Wildman–Crippen MR) is 80.7 cm³/mol. The average molecular weight is 289 g/mol. The minimum absolute atomic E-state index is 0.0927. The number of benzene rings is 1. The van der Waals surface area contributed by atoms with Crippen molar-refractivity contribution in [1.29, 1.82) is 0 Å². The topological polar surface area (TPSA) is 65.3 Å². The minimum atomic E-state index is -0.530. The Morgan fingerprint density at radius 1 is 1.24 bits per heavy atom. The number of aryl methyl sites for hydroxylation is 1. The zero-order valence-electron chi connectivity index (χ0n) is 12.4. The standard InChI is InChI=1S/C15H19N3O3/c1-16-13(11-5-4-6-12(9-11)21-3)10-18-8-7-17(2)14(19)15(18)20/h4-9,13,16H,10H2,1-3H3. The molecule has 1 heterocycles. The number of nitrogens with one attached hydrogen (secondary N) is 1. The number of ether oxygens (including phenoxy) is 1. The Morgan fingerprint density at radius 3 is 2.67 bits per heavy atom. The number of hydrogen-bond donors (Lipinski definition) is 1. The molecule has 112 valence electrons. The Morgan fingerprint density at radius 2 is 2.00 bits per heavy atom. The molecule has 1 N–H and O–H groups in total. The second-order valence-electron chi connectivity index (χ2n) is 4.79. The first kappa shape index (κ1) is 15.1. The van der Waals surface area contributed by atoms with Crippen molar-refractivity contribution in [3.63, 3.8) is 0 Å². The molecule has 0 aliphatic carbocycles. The summed E-state index contributed by atoms with van der Waals surface area (Å²) in [7, 11) is 4.99. The molecule has 6 nitrogen and oxygen atoms in total. The predicted octanol–water partition coefficient (Wildman–Crippen LogP) is 0.516. The zero-order valence-corrected chi connectivity index (χ0v) is 12.4. The molecule has 6 heteroatoms. The summed E-state index contributed by atoms with van der Waals surface area (Å²) in [6.45, 7) is 0.374. The molecule has 2 aromatic rings. The number of likely N-dealkylation sites (N-methyl/N-ethyl adjacent to an activating group) is 1. The van der Waals surface area contributed by atoms with Crippen LogP contribution in [0.15, 0.2) is 46.2 Å². The van der Waals surface area contributed by atoms with Gasteiger partial charge in [0, 0.05) is 26.0 Å². The Labute approximate surface area is 122 Å². The van der Waals surface area contributed by atoms with Crippen molar-refractivity contribution in [3.05, 3.63) is 62.9 Å². The van der Waals surface area contributed by atoms with Crippen molar-refractivity contribution in [2.45, 2.75) is 12.6 Å². The third kappa shape index (κ3) is 3.22. The molecule has 1 atom stereocenters. The monoisotopic (exact) mass is 289 g/mol. The first-order chi connectivity index (χ1) is 10.1. The molecule has 1 aromatic carbocycles. The van der Waals surface area contributed by atoms with E-state index in [2.05, 4.69) is 5.32 Å². The highest BCUT2D eigenvalue weighted by Gasteiger charge is 2.13. The first-order valence-electron chi connectivity index (χ1n) is 6.64. The van der Waals surface area contributed by atoms with E-state index in [4.69, 9.17) is 4.74 Å². The van der Waals surface area contributed by atoms with Crippen LogP contribution in [0.25, 0.3) is 0 Å². The lowest BCUT2D eigenvalue weighted by atomic mass is 10.1. The summed E-state index contributed by atoms with van der Waals surface area (Å²) >= 11 is 0. The van der Waals surface area contributed by atoms with Gasteiger partial charge in [-0.1, -0.05) is 12.1 Å². The summed E-state index contributed by atoms with van der Waals surface area (Å²) < 4.78 is 7.90. The van der Waals surface area contributed by atoms with E-state index in [1.807, 2.05) is 31.3 Å². The maximum absolute atomic E-state index is 12.0. The molecule has 0 fully saturated rings. The Balaban J connectivity index is 2.33. The van der Waals surface area contributed by atoms with Crippen LogP contribution >= 0.6 is 0 Å². The Hall–Kier alpha value is -2.34. The van der Waals surface area contributed by atoms with Crippen molar-refractivity contribution in [3.8, 4) is 5.75 Å². The van der Waals surface area contributed by atoms with Gasteiger partial charge in [0.2, 0.25) is 0 Å². The average Bonchev–Trinajstić information content (AvgIpc) is 2.52. The van der Waals surface area contributed by atoms with Crippen LogP contribution in [-0.4, -0.2) is 23.3 Å². The van der Waals surface area contributed by atoms with Gasteiger partial charge in [-0.2, -0.15) is 0 Å². The van der Waals surface area contributed by atoms with Gasteiger partial charge in [0.15, 0.2) is 0 Å². The van der Waals surface area contributed by atoms with Crippen molar-refractivity contribution < 1.29 is 4.74 Å². The second kappa shape index (κ2) is 6.41. The molecule has 0 spiro atoms. The van der Waals surface area contributed by atoms with Gasteiger partial charge in [-0.3, -0.25) is 9.59 Å². The van der Waals surface area contributed by atoms with E-state index in [1.54, 1.807) is 26.6 Å². The van der Waals surface area contributed by atoms with Crippen molar-refractivity contribution in [2.24, 2.45) is 7.05 Å². The summed E-state index contributed by atoms with van der Waals surface area (Å²) in [5, 5.41) is 3.16. The molecule has 1 aromatic heterocycles. The maximum atomic E-state index is 12.0. The molecule has 0 aliphatic heterocycles. The lowest BCUT2D eigenvalue weighted by Crippen LogP contribution is -2.41. The molecule has 0 bridgehead atoms. The fraction of sp³-hybridized carbons (Fsp3) is 0.333. The van der Waals surface area contributed by atoms with E-state index in [1.165, 1.54) is 9.13 Å². The van der Waals surface area contributed by atoms with Crippen LogP contribution in [0.3, 0.4) is 0 Å². The minimum Gasteiger partial charge on any atom is -0.497 e. The summed E-state index contributed by atoms with van der Waals surface area (Å²) in [4.78, 5) is 23.7. The maximum Gasteiger partial charge on any atom is 0.316 e. The Kier molecular flexibility index (Phi) is 4.59. The summed E-state index contributed by atoms with van der Waals surface area (Å²) in [5.41, 5.74) is -0.0643. The van der Waals surface area contributed by atoms with Gasteiger partial charge < -0.3 is 19.2 Å². The molecular weight excluding hydrogens is 270 g/mol. The molecule has 2 rings (SSSR count). The quantitative estimate of drug-likeness (QED) is 0.815. The highest BCUT2D eigenvalue weighted by Crippen LogP contribution is 2.19. The van der Waals surface area contributed by atoms with Gasteiger partial charge >= 0.3 is 11.1 Å². The molecule has 1 unspecified atom stereocenters. The normalized spacial score (nSPS) is 12.1. The largest absolute Gasteiger partial charge is 0.497 e. The first-order valence-corrected chi connectivity index (χ1v) is 6.64. The van der Waals surface area contributed by atoms with Crippen LogP contribution < -0.4 is 21.2 Å². The number of aromatic nitrogens is 2. The van der Waals surface area contributed by atoms with Crippen LogP contribution in [0.4, 0.5) is 0 Å². The smallest absolute Gasteiger partial charge is 0.316 e. The summed E-state index contributed by atoms with van der Waals surface area (Å²) in [5.74, 6) is 0.754. The molecule has 0 saturated heterocycles. The molecular formula is C15H19N3O3. The third-order valence-corrected chi connectivity index (χ3v) is 3.46. The van der Waals surface area contributed by atoms with Crippen molar-refractivity contribution >= 4 is 0 Å².